The lowest BCUT2D eigenvalue weighted by Crippen LogP contribution is -2.29. The van der Waals surface area contributed by atoms with Crippen LogP contribution in [0.3, 0.4) is 0 Å². The Bertz CT molecular complexity index is 1170. The fourth-order valence-corrected chi connectivity index (χ4v) is 3.92. The summed E-state index contributed by atoms with van der Waals surface area (Å²) in [4.78, 5) is 17.4. The summed E-state index contributed by atoms with van der Waals surface area (Å²) in [5, 5.41) is 12.4. The molecule has 1 heterocycles. The summed E-state index contributed by atoms with van der Waals surface area (Å²) in [5.74, 6) is -0.419. The minimum atomic E-state index is -3.52. The molecule has 0 radical (unpaired) electrons. The molecule has 2 aromatic carbocycles. The van der Waals surface area contributed by atoms with Gasteiger partial charge in [0.1, 0.15) is 0 Å². The van der Waals surface area contributed by atoms with E-state index in [2.05, 4.69) is 10.3 Å². The van der Waals surface area contributed by atoms with Crippen molar-refractivity contribution in [2.24, 2.45) is 0 Å². The van der Waals surface area contributed by atoms with Crippen molar-refractivity contribution in [1.29, 1.82) is 0 Å². The van der Waals surface area contributed by atoms with Crippen LogP contribution in [0.1, 0.15) is 39.6 Å². The van der Waals surface area contributed by atoms with Gasteiger partial charge >= 0.3 is 0 Å². The van der Waals surface area contributed by atoms with Gasteiger partial charge in [-0.15, -0.1) is 0 Å². The zero-order valence-corrected chi connectivity index (χ0v) is 18.6. The van der Waals surface area contributed by atoms with Crippen molar-refractivity contribution in [2.75, 3.05) is 12.9 Å². The van der Waals surface area contributed by atoms with Crippen LogP contribution in [0.2, 0.25) is 0 Å². The van der Waals surface area contributed by atoms with Crippen LogP contribution in [0, 0.1) is 13.8 Å². The number of hydrogen-bond acceptors (Lipinski definition) is 5. The van der Waals surface area contributed by atoms with E-state index in [4.69, 9.17) is 0 Å². The van der Waals surface area contributed by atoms with E-state index < -0.39 is 21.8 Å². The van der Waals surface area contributed by atoms with Crippen molar-refractivity contribution >= 4 is 15.7 Å². The molecule has 0 aliphatic carbocycles. The van der Waals surface area contributed by atoms with E-state index >= 15 is 0 Å². The molecule has 0 spiro atoms. The lowest BCUT2D eigenvalue weighted by molar-refractivity contribution is 0.0929. The van der Waals surface area contributed by atoms with Gasteiger partial charge in [-0.1, -0.05) is 35.9 Å². The number of aromatic nitrogens is 1. The first-order valence-electron chi connectivity index (χ1n) is 9.94. The van der Waals surface area contributed by atoms with Crippen molar-refractivity contribution in [3.8, 4) is 11.1 Å². The molecule has 1 atom stereocenters. The first-order chi connectivity index (χ1) is 14.7. The number of aliphatic hydroxyl groups is 1. The summed E-state index contributed by atoms with van der Waals surface area (Å²) in [6.07, 6.45) is 3.10. The Morgan fingerprint density at radius 1 is 1.03 bits per heavy atom. The minimum Gasteiger partial charge on any atom is -0.396 e. The number of nitrogens with one attached hydrogen (secondary N) is 1. The van der Waals surface area contributed by atoms with Crippen molar-refractivity contribution in [1.82, 2.24) is 10.3 Å². The Balaban J connectivity index is 1.99. The van der Waals surface area contributed by atoms with Crippen LogP contribution >= 0.6 is 0 Å². The van der Waals surface area contributed by atoms with Gasteiger partial charge in [0, 0.05) is 30.3 Å². The second-order valence-corrected chi connectivity index (χ2v) is 9.67. The van der Waals surface area contributed by atoms with Crippen LogP contribution in [0.25, 0.3) is 11.1 Å². The fraction of sp³-hybridized carbons (Fsp3) is 0.250. The summed E-state index contributed by atoms with van der Waals surface area (Å²) >= 11 is 0. The first kappa shape index (κ1) is 22.7. The third kappa shape index (κ3) is 5.77. The third-order valence-electron chi connectivity index (χ3n) is 5.04. The quantitative estimate of drug-likeness (QED) is 0.587. The number of aryl methyl sites for hydroxylation is 2. The SMILES string of the molecule is Cc1ccc(-c2cc(C(=O)N[C@H](CCO)c3ccc(C)nc3)cc(S(C)(=O)=O)c2)cc1. The molecule has 3 aromatic rings. The van der Waals surface area contributed by atoms with Crippen molar-refractivity contribution < 1.29 is 18.3 Å². The third-order valence-corrected chi connectivity index (χ3v) is 6.13. The molecule has 162 valence electrons. The number of pyridine rings is 1. The average molecular weight is 439 g/mol. The monoisotopic (exact) mass is 438 g/mol. The molecular weight excluding hydrogens is 412 g/mol. The molecule has 0 unspecified atom stereocenters. The van der Waals surface area contributed by atoms with E-state index in [1.54, 1.807) is 18.3 Å². The van der Waals surface area contributed by atoms with Gasteiger partial charge in [-0.25, -0.2) is 8.42 Å². The second kappa shape index (κ2) is 9.41. The zero-order valence-electron chi connectivity index (χ0n) is 17.8. The second-order valence-electron chi connectivity index (χ2n) is 7.66. The molecule has 0 fully saturated rings. The number of benzene rings is 2. The van der Waals surface area contributed by atoms with Crippen LogP contribution in [0.5, 0.6) is 0 Å². The van der Waals surface area contributed by atoms with Crippen LogP contribution < -0.4 is 5.32 Å². The van der Waals surface area contributed by atoms with Gasteiger partial charge in [0.2, 0.25) is 0 Å². The normalized spacial score (nSPS) is 12.4. The maximum Gasteiger partial charge on any atom is 0.251 e. The Morgan fingerprint density at radius 2 is 1.74 bits per heavy atom. The minimum absolute atomic E-state index is 0.0754. The van der Waals surface area contributed by atoms with Gasteiger partial charge in [0.15, 0.2) is 9.84 Å². The topological polar surface area (TPSA) is 96.4 Å². The highest BCUT2D eigenvalue weighted by molar-refractivity contribution is 7.90. The molecule has 1 amide bonds. The van der Waals surface area contributed by atoms with E-state index in [0.717, 1.165) is 28.6 Å². The molecule has 0 aliphatic heterocycles. The van der Waals surface area contributed by atoms with Crippen LogP contribution in [0.4, 0.5) is 0 Å². The summed E-state index contributed by atoms with van der Waals surface area (Å²) in [6.45, 7) is 3.72. The number of aliphatic hydroxyl groups excluding tert-OH is 1. The fourth-order valence-electron chi connectivity index (χ4n) is 3.24. The Kier molecular flexibility index (Phi) is 6.87. The van der Waals surface area contributed by atoms with Crippen LogP contribution in [-0.2, 0) is 9.84 Å². The first-order valence-corrected chi connectivity index (χ1v) is 11.8. The molecule has 0 bridgehead atoms. The maximum absolute atomic E-state index is 13.1. The van der Waals surface area contributed by atoms with E-state index in [0.29, 0.717) is 12.0 Å². The lowest BCUT2D eigenvalue weighted by Gasteiger charge is -2.19. The van der Waals surface area contributed by atoms with E-state index in [1.165, 1.54) is 6.07 Å². The summed E-state index contributed by atoms with van der Waals surface area (Å²) in [7, 11) is -3.52. The molecule has 0 saturated heterocycles. The molecule has 3 rings (SSSR count). The Labute approximate surface area is 182 Å². The highest BCUT2D eigenvalue weighted by atomic mass is 32.2. The summed E-state index contributed by atoms with van der Waals surface area (Å²) in [6, 6.07) is 15.5. The Morgan fingerprint density at radius 3 is 2.32 bits per heavy atom. The highest BCUT2D eigenvalue weighted by Crippen LogP contribution is 2.26. The van der Waals surface area contributed by atoms with Gasteiger partial charge in [-0.05, 0) is 61.2 Å². The average Bonchev–Trinajstić information content (AvgIpc) is 2.73. The van der Waals surface area contributed by atoms with Gasteiger partial charge in [0.25, 0.3) is 5.91 Å². The standard InChI is InChI=1S/C24H26N2O4S/c1-16-4-7-18(8-5-16)20-12-21(14-22(13-20)31(3,29)30)24(28)26-23(10-11-27)19-9-6-17(2)25-15-19/h4-9,12-15,23,27H,10-11H2,1-3H3,(H,26,28)/t23-/m1/s1. The van der Waals surface area contributed by atoms with Crippen molar-refractivity contribution in [3.05, 3.63) is 83.2 Å². The van der Waals surface area contributed by atoms with Gasteiger partial charge in [0.05, 0.1) is 10.9 Å². The number of carbonyl (C=O) groups is 1. The van der Waals surface area contributed by atoms with Crippen molar-refractivity contribution in [3.63, 3.8) is 0 Å². The maximum atomic E-state index is 13.1. The predicted octanol–water partition coefficient (Wildman–Crippen LogP) is 3.62. The number of amides is 1. The molecule has 1 aromatic heterocycles. The molecule has 0 saturated carbocycles. The molecular formula is C24H26N2O4S. The number of hydrogen-bond donors (Lipinski definition) is 2. The summed E-state index contributed by atoms with van der Waals surface area (Å²) in [5.41, 5.74) is 4.40. The van der Waals surface area contributed by atoms with Crippen LogP contribution in [-0.4, -0.2) is 37.3 Å². The predicted molar refractivity (Wildman–Crippen MR) is 121 cm³/mol. The van der Waals surface area contributed by atoms with E-state index in [1.807, 2.05) is 50.2 Å². The highest BCUT2D eigenvalue weighted by Gasteiger charge is 2.19. The zero-order chi connectivity index (χ0) is 22.6. The molecule has 2 N–H and O–H groups in total. The smallest absolute Gasteiger partial charge is 0.251 e. The van der Waals surface area contributed by atoms with Crippen LogP contribution in [0.15, 0.2) is 65.7 Å². The van der Waals surface area contributed by atoms with Gasteiger partial charge in [-0.2, -0.15) is 0 Å². The van der Waals surface area contributed by atoms with E-state index in [9.17, 15) is 18.3 Å². The molecule has 31 heavy (non-hydrogen) atoms. The summed E-state index contributed by atoms with van der Waals surface area (Å²) < 4.78 is 24.5. The van der Waals surface area contributed by atoms with Gasteiger partial charge in [-0.3, -0.25) is 9.78 Å². The van der Waals surface area contributed by atoms with E-state index in [-0.39, 0.29) is 17.1 Å². The molecule has 6 nitrogen and oxygen atoms in total. The molecule has 0 aliphatic rings. The number of carbonyl (C=O) groups excluding carboxylic acids is 1. The lowest BCUT2D eigenvalue weighted by atomic mass is 10.0. The number of sulfone groups is 1. The Hall–Kier alpha value is -3.03. The number of rotatable bonds is 7. The molecule has 7 heteroatoms. The largest absolute Gasteiger partial charge is 0.396 e. The van der Waals surface area contributed by atoms with Crippen molar-refractivity contribution in [2.45, 2.75) is 31.2 Å². The van der Waals surface area contributed by atoms with Gasteiger partial charge < -0.3 is 10.4 Å². The number of nitrogens with zero attached hydrogens (tertiary/aromatic N) is 1.